The minimum Gasteiger partial charge on any atom is -0.365 e. The zero-order valence-electron chi connectivity index (χ0n) is 13.7. The first-order valence-electron chi connectivity index (χ1n) is 7.79. The van der Waals surface area contributed by atoms with Crippen molar-refractivity contribution in [1.82, 2.24) is 24.5 Å². The third kappa shape index (κ3) is 3.46. The zero-order valence-corrected chi connectivity index (χ0v) is 13.7. The topological polar surface area (TPSA) is 94.3 Å². The standard InChI is InChI=1S/C15H20N6O3/c1-3-21-8-11(6-17-21)15(23)20-4-5-24-13(10-20)14(22)18-12-7-16-19(2)9-12/h6-9,13H,3-5,10H2,1-2H3,(H,18,22). The molecule has 0 aliphatic carbocycles. The molecule has 3 rings (SSSR count). The van der Waals surface area contributed by atoms with Gasteiger partial charge in [-0.25, -0.2) is 0 Å². The van der Waals surface area contributed by atoms with Gasteiger partial charge in [0.1, 0.15) is 0 Å². The van der Waals surface area contributed by atoms with Crippen LogP contribution < -0.4 is 5.32 Å². The summed E-state index contributed by atoms with van der Waals surface area (Å²) >= 11 is 0. The van der Waals surface area contributed by atoms with Gasteiger partial charge in [0.15, 0.2) is 6.10 Å². The second-order valence-electron chi connectivity index (χ2n) is 5.59. The smallest absolute Gasteiger partial charge is 0.257 e. The summed E-state index contributed by atoms with van der Waals surface area (Å²) in [6, 6.07) is 0. The molecule has 1 aliphatic rings. The molecule has 1 aliphatic heterocycles. The number of nitrogens with zero attached hydrogens (tertiary/aromatic N) is 5. The Hall–Kier alpha value is -2.68. The van der Waals surface area contributed by atoms with Gasteiger partial charge in [-0.2, -0.15) is 10.2 Å². The molecule has 9 heteroatoms. The van der Waals surface area contributed by atoms with Crippen molar-refractivity contribution in [2.24, 2.45) is 7.05 Å². The molecule has 0 spiro atoms. The van der Waals surface area contributed by atoms with Gasteiger partial charge in [0.25, 0.3) is 11.8 Å². The maximum atomic E-state index is 12.5. The van der Waals surface area contributed by atoms with Crippen LogP contribution in [0.15, 0.2) is 24.8 Å². The van der Waals surface area contributed by atoms with Crippen LogP contribution in [0.5, 0.6) is 0 Å². The third-order valence-electron chi connectivity index (χ3n) is 3.82. The monoisotopic (exact) mass is 332 g/mol. The largest absolute Gasteiger partial charge is 0.365 e. The second-order valence-corrected chi connectivity index (χ2v) is 5.59. The minimum atomic E-state index is -0.705. The van der Waals surface area contributed by atoms with Crippen molar-refractivity contribution in [3.05, 3.63) is 30.4 Å². The average molecular weight is 332 g/mol. The van der Waals surface area contributed by atoms with Crippen LogP contribution in [0.3, 0.4) is 0 Å². The van der Waals surface area contributed by atoms with E-state index in [9.17, 15) is 9.59 Å². The number of aromatic nitrogens is 4. The number of anilines is 1. The Bertz CT molecular complexity index is 737. The van der Waals surface area contributed by atoms with E-state index in [4.69, 9.17) is 4.74 Å². The Balaban J connectivity index is 1.63. The van der Waals surface area contributed by atoms with Crippen LogP contribution in [-0.4, -0.2) is 62.1 Å². The Morgan fingerprint density at radius 1 is 1.33 bits per heavy atom. The zero-order chi connectivity index (χ0) is 17.1. The molecule has 9 nitrogen and oxygen atoms in total. The summed E-state index contributed by atoms with van der Waals surface area (Å²) < 4.78 is 8.80. The highest BCUT2D eigenvalue weighted by molar-refractivity contribution is 5.96. The Morgan fingerprint density at radius 2 is 2.17 bits per heavy atom. The van der Waals surface area contributed by atoms with E-state index in [1.165, 1.54) is 0 Å². The van der Waals surface area contributed by atoms with E-state index in [1.807, 2.05) is 6.92 Å². The maximum Gasteiger partial charge on any atom is 0.257 e. The molecule has 24 heavy (non-hydrogen) atoms. The molecule has 1 saturated heterocycles. The molecule has 128 valence electrons. The lowest BCUT2D eigenvalue weighted by Gasteiger charge is -2.31. The highest BCUT2D eigenvalue weighted by Gasteiger charge is 2.30. The van der Waals surface area contributed by atoms with E-state index in [1.54, 1.807) is 46.1 Å². The highest BCUT2D eigenvalue weighted by Crippen LogP contribution is 2.13. The van der Waals surface area contributed by atoms with Gasteiger partial charge in [-0.15, -0.1) is 0 Å². The first-order valence-corrected chi connectivity index (χ1v) is 7.79. The number of carbonyl (C=O) groups excluding carboxylic acids is 2. The molecule has 1 atom stereocenters. The highest BCUT2D eigenvalue weighted by atomic mass is 16.5. The molecule has 1 unspecified atom stereocenters. The lowest BCUT2D eigenvalue weighted by molar-refractivity contribution is -0.131. The molecule has 2 amide bonds. The van der Waals surface area contributed by atoms with Crippen LogP contribution in [0.4, 0.5) is 5.69 Å². The fraction of sp³-hybridized carbons (Fsp3) is 0.467. The van der Waals surface area contributed by atoms with Gasteiger partial charge in [0.05, 0.1) is 36.8 Å². The summed E-state index contributed by atoms with van der Waals surface area (Å²) in [4.78, 5) is 26.5. The molecular formula is C15H20N6O3. The van der Waals surface area contributed by atoms with Crippen molar-refractivity contribution in [2.75, 3.05) is 25.0 Å². The summed E-state index contributed by atoms with van der Waals surface area (Å²) in [5.41, 5.74) is 1.11. The van der Waals surface area contributed by atoms with Crippen molar-refractivity contribution >= 4 is 17.5 Å². The summed E-state index contributed by atoms with van der Waals surface area (Å²) in [6.45, 7) is 3.63. The van der Waals surface area contributed by atoms with Crippen molar-refractivity contribution in [2.45, 2.75) is 19.6 Å². The number of nitrogens with one attached hydrogen (secondary N) is 1. The Morgan fingerprint density at radius 3 is 2.83 bits per heavy atom. The number of amides is 2. The minimum absolute atomic E-state index is 0.142. The molecule has 3 heterocycles. The fourth-order valence-corrected chi connectivity index (χ4v) is 2.53. The second kappa shape index (κ2) is 6.83. The van der Waals surface area contributed by atoms with Crippen LogP contribution in [0, 0.1) is 0 Å². The van der Waals surface area contributed by atoms with Gasteiger partial charge in [-0.05, 0) is 6.92 Å². The lowest BCUT2D eigenvalue weighted by Crippen LogP contribution is -2.50. The van der Waals surface area contributed by atoms with E-state index >= 15 is 0 Å². The number of aryl methyl sites for hydroxylation is 2. The van der Waals surface area contributed by atoms with Crippen molar-refractivity contribution < 1.29 is 14.3 Å². The number of hydrogen-bond donors (Lipinski definition) is 1. The predicted molar refractivity (Wildman–Crippen MR) is 85.4 cm³/mol. The summed E-state index contributed by atoms with van der Waals surface area (Å²) in [7, 11) is 1.77. The van der Waals surface area contributed by atoms with Gasteiger partial charge in [0.2, 0.25) is 0 Å². The Labute approximate surface area is 139 Å². The third-order valence-corrected chi connectivity index (χ3v) is 3.82. The molecule has 2 aromatic heterocycles. The van der Waals surface area contributed by atoms with Crippen LogP contribution in [0.1, 0.15) is 17.3 Å². The molecular weight excluding hydrogens is 312 g/mol. The number of ether oxygens (including phenoxy) is 1. The van der Waals surface area contributed by atoms with E-state index < -0.39 is 6.10 Å². The summed E-state index contributed by atoms with van der Waals surface area (Å²) in [6.07, 6.45) is 5.81. The number of morpholine rings is 1. The lowest BCUT2D eigenvalue weighted by atomic mass is 10.2. The van der Waals surface area contributed by atoms with E-state index in [2.05, 4.69) is 15.5 Å². The van der Waals surface area contributed by atoms with E-state index in [0.29, 0.717) is 30.9 Å². The van der Waals surface area contributed by atoms with E-state index in [-0.39, 0.29) is 18.4 Å². The average Bonchev–Trinajstić information content (AvgIpc) is 3.23. The van der Waals surface area contributed by atoms with Crippen LogP contribution >= 0.6 is 0 Å². The molecule has 2 aromatic rings. The molecule has 1 N–H and O–H groups in total. The van der Waals surface area contributed by atoms with Crippen molar-refractivity contribution in [3.63, 3.8) is 0 Å². The SMILES string of the molecule is CCn1cc(C(=O)N2CCOC(C(=O)Nc3cnn(C)c3)C2)cn1. The van der Waals surface area contributed by atoms with Crippen LogP contribution in [-0.2, 0) is 23.1 Å². The summed E-state index contributed by atoms with van der Waals surface area (Å²) in [5.74, 6) is -0.429. The van der Waals surface area contributed by atoms with Gasteiger partial charge in [-0.3, -0.25) is 19.0 Å². The van der Waals surface area contributed by atoms with Crippen molar-refractivity contribution in [3.8, 4) is 0 Å². The number of rotatable bonds is 4. The molecule has 0 radical (unpaired) electrons. The van der Waals surface area contributed by atoms with E-state index in [0.717, 1.165) is 0 Å². The number of carbonyl (C=O) groups is 2. The van der Waals surface area contributed by atoms with Gasteiger partial charge in [-0.1, -0.05) is 0 Å². The molecule has 0 aromatic carbocycles. The van der Waals surface area contributed by atoms with Crippen molar-refractivity contribution in [1.29, 1.82) is 0 Å². The Kier molecular flexibility index (Phi) is 4.61. The first kappa shape index (κ1) is 16.2. The van der Waals surface area contributed by atoms with Gasteiger partial charge in [0, 0.05) is 32.5 Å². The maximum absolute atomic E-state index is 12.5. The normalized spacial score (nSPS) is 17.8. The fourth-order valence-electron chi connectivity index (χ4n) is 2.53. The molecule has 0 bridgehead atoms. The van der Waals surface area contributed by atoms with Gasteiger partial charge >= 0.3 is 0 Å². The van der Waals surface area contributed by atoms with Crippen LogP contribution in [0.25, 0.3) is 0 Å². The molecule has 0 saturated carbocycles. The molecule has 1 fully saturated rings. The predicted octanol–water partition coefficient (Wildman–Crippen LogP) is 0.116. The quantitative estimate of drug-likeness (QED) is 0.858. The van der Waals surface area contributed by atoms with Gasteiger partial charge < -0.3 is 15.0 Å². The van der Waals surface area contributed by atoms with Crippen LogP contribution in [0.2, 0.25) is 0 Å². The first-order chi connectivity index (χ1) is 11.6. The number of hydrogen-bond acceptors (Lipinski definition) is 5. The summed E-state index contributed by atoms with van der Waals surface area (Å²) in [5, 5.41) is 10.9.